The van der Waals surface area contributed by atoms with Gasteiger partial charge in [-0.3, -0.25) is 4.79 Å². The van der Waals surface area contributed by atoms with Crippen LogP contribution in [0.1, 0.15) is 47.2 Å². The topological polar surface area (TPSA) is 62.2 Å². The molecule has 0 saturated heterocycles. The van der Waals surface area contributed by atoms with Crippen molar-refractivity contribution in [3.05, 3.63) is 11.1 Å². The summed E-state index contributed by atoms with van der Waals surface area (Å²) in [6, 6.07) is 0. The molecule has 0 atom stereocenters. The van der Waals surface area contributed by atoms with Crippen LogP contribution in [0.5, 0.6) is 0 Å². The van der Waals surface area contributed by atoms with Gasteiger partial charge in [0.2, 0.25) is 0 Å². The van der Waals surface area contributed by atoms with E-state index in [1.807, 2.05) is 5.38 Å². The Balaban J connectivity index is 2.72. The number of rotatable bonds is 7. The molecule has 5 heteroatoms. The van der Waals surface area contributed by atoms with Crippen LogP contribution in [0.15, 0.2) is 5.38 Å². The number of aliphatic carboxylic acids is 1. The van der Waals surface area contributed by atoms with Gasteiger partial charge in [-0.1, -0.05) is 27.7 Å². The molecule has 0 aliphatic carbocycles. The van der Waals surface area contributed by atoms with Crippen LogP contribution in [-0.4, -0.2) is 22.6 Å². The fraction of sp³-hybridized carbons (Fsp3) is 0.733. The van der Waals surface area contributed by atoms with Gasteiger partial charge >= 0.3 is 5.97 Å². The fourth-order valence-corrected chi connectivity index (χ4v) is 3.09. The third-order valence-corrected chi connectivity index (χ3v) is 4.68. The normalized spacial score (nSPS) is 12.4. The van der Waals surface area contributed by atoms with Crippen LogP contribution in [0.4, 0.5) is 5.13 Å². The molecule has 0 unspecified atom stereocenters. The molecule has 1 rings (SSSR count). The maximum atomic E-state index is 11.2. The van der Waals surface area contributed by atoms with Crippen molar-refractivity contribution in [3.63, 3.8) is 0 Å². The molecule has 0 aromatic carbocycles. The van der Waals surface area contributed by atoms with Crippen molar-refractivity contribution in [3.8, 4) is 0 Å². The standard InChI is InChI=1S/C15H26N2O2S/c1-9(2)11(10(3)4)7-16-14-17-12(8-20-14)15(5,6)13(18)19/h8-11H,7H2,1-6H3,(H,16,17)(H,18,19). The van der Waals surface area contributed by atoms with E-state index in [4.69, 9.17) is 0 Å². The quantitative estimate of drug-likeness (QED) is 0.802. The third kappa shape index (κ3) is 3.95. The average molecular weight is 298 g/mol. The first-order valence-electron chi connectivity index (χ1n) is 7.09. The first kappa shape index (κ1) is 17.0. The molecular weight excluding hydrogens is 272 g/mol. The molecular formula is C15H26N2O2S. The Bertz CT molecular complexity index is 444. The molecule has 0 amide bonds. The van der Waals surface area contributed by atoms with Crippen molar-refractivity contribution in [1.29, 1.82) is 0 Å². The van der Waals surface area contributed by atoms with E-state index in [0.29, 0.717) is 23.4 Å². The van der Waals surface area contributed by atoms with Crippen LogP contribution < -0.4 is 5.32 Å². The Labute approximate surface area is 125 Å². The van der Waals surface area contributed by atoms with Gasteiger partial charge in [-0.2, -0.15) is 0 Å². The third-order valence-electron chi connectivity index (χ3n) is 3.88. The second-order valence-electron chi connectivity index (χ2n) is 6.50. The van der Waals surface area contributed by atoms with Gasteiger partial charge in [0.05, 0.1) is 5.69 Å². The second kappa shape index (κ2) is 6.57. The number of carboxylic acids is 1. The number of hydrogen-bond acceptors (Lipinski definition) is 4. The minimum atomic E-state index is -0.939. The molecule has 4 nitrogen and oxygen atoms in total. The van der Waals surface area contributed by atoms with E-state index in [-0.39, 0.29) is 0 Å². The van der Waals surface area contributed by atoms with Crippen LogP contribution >= 0.6 is 11.3 Å². The van der Waals surface area contributed by atoms with Gasteiger partial charge in [0.25, 0.3) is 0 Å². The summed E-state index contributed by atoms with van der Waals surface area (Å²) in [5.74, 6) is 0.946. The molecule has 0 aliphatic rings. The molecule has 1 aromatic rings. The van der Waals surface area contributed by atoms with Gasteiger partial charge in [0, 0.05) is 11.9 Å². The van der Waals surface area contributed by atoms with E-state index in [2.05, 4.69) is 38.0 Å². The minimum Gasteiger partial charge on any atom is -0.481 e. The number of hydrogen-bond donors (Lipinski definition) is 2. The van der Waals surface area contributed by atoms with E-state index in [9.17, 15) is 9.90 Å². The first-order valence-corrected chi connectivity index (χ1v) is 7.97. The maximum absolute atomic E-state index is 11.2. The smallest absolute Gasteiger partial charge is 0.315 e. The second-order valence-corrected chi connectivity index (χ2v) is 7.36. The number of nitrogens with zero attached hydrogens (tertiary/aromatic N) is 1. The molecule has 0 bridgehead atoms. The summed E-state index contributed by atoms with van der Waals surface area (Å²) >= 11 is 1.47. The molecule has 0 saturated carbocycles. The van der Waals surface area contributed by atoms with Crippen LogP contribution in [0.2, 0.25) is 0 Å². The number of nitrogens with one attached hydrogen (secondary N) is 1. The Morgan fingerprint density at radius 3 is 2.35 bits per heavy atom. The van der Waals surface area contributed by atoms with Crippen molar-refractivity contribution in [1.82, 2.24) is 4.98 Å². The number of carbonyl (C=O) groups is 1. The van der Waals surface area contributed by atoms with Gasteiger partial charge in [0.15, 0.2) is 5.13 Å². The van der Waals surface area contributed by atoms with Gasteiger partial charge < -0.3 is 10.4 Å². The summed E-state index contributed by atoms with van der Waals surface area (Å²) in [5, 5.41) is 15.2. The van der Waals surface area contributed by atoms with E-state index < -0.39 is 11.4 Å². The number of aromatic nitrogens is 1. The molecule has 0 radical (unpaired) electrons. The lowest BCUT2D eigenvalue weighted by Crippen LogP contribution is -2.29. The lowest BCUT2D eigenvalue weighted by atomic mass is 9.85. The predicted octanol–water partition coefficient (Wildman–Crippen LogP) is 3.85. The SMILES string of the molecule is CC(C)C(CNc1nc(C(C)(C)C(=O)O)cs1)C(C)C. The van der Waals surface area contributed by atoms with E-state index in [1.54, 1.807) is 13.8 Å². The van der Waals surface area contributed by atoms with Crippen molar-refractivity contribution in [2.75, 3.05) is 11.9 Å². The Morgan fingerprint density at radius 2 is 1.90 bits per heavy atom. The molecule has 0 spiro atoms. The molecule has 1 aromatic heterocycles. The largest absolute Gasteiger partial charge is 0.481 e. The highest BCUT2D eigenvalue weighted by molar-refractivity contribution is 7.13. The summed E-state index contributed by atoms with van der Waals surface area (Å²) in [5.41, 5.74) is -0.325. The lowest BCUT2D eigenvalue weighted by molar-refractivity contribution is -0.142. The maximum Gasteiger partial charge on any atom is 0.315 e. The monoisotopic (exact) mass is 298 g/mol. The highest BCUT2D eigenvalue weighted by Crippen LogP contribution is 2.28. The zero-order chi connectivity index (χ0) is 15.5. The molecule has 20 heavy (non-hydrogen) atoms. The summed E-state index contributed by atoms with van der Waals surface area (Å²) < 4.78 is 0. The summed E-state index contributed by atoms with van der Waals surface area (Å²) in [6.45, 7) is 13.1. The van der Waals surface area contributed by atoms with Crippen molar-refractivity contribution in [2.24, 2.45) is 17.8 Å². The fourth-order valence-electron chi connectivity index (χ4n) is 2.20. The summed E-state index contributed by atoms with van der Waals surface area (Å²) in [7, 11) is 0. The number of anilines is 1. The lowest BCUT2D eigenvalue weighted by Gasteiger charge is -2.24. The summed E-state index contributed by atoms with van der Waals surface area (Å²) in [4.78, 5) is 15.6. The number of thiazole rings is 1. The first-order chi connectivity index (χ1) is 9.16. The Kier molecular flexibility index (Phi) is 5.57. The highest BCUT2D eigenvalue weighted by Gasteiger charge is 2.32. The molecule has 0 aliphatic heterocycles. The van der Waals surface area contributed by atoms with Gasteiger partial charge in [-0.05, 0) is 31.6 Å². The molecule has 1 heterocycles. The van der Waals surface area contributed by atoms with Crippen LogP contribution in [0.25, 0.3) is 0 Å². The number of carboxylic acid groups (broad SMARTS) is 1. The van der Waals surface area contributed by atoms with E-state index in [1.165, 1.54) is 11.3 Å². The van der Waals surface area contributed by atoms with Gasteiger partial charge in [-0.15, -0.1) is 11.3 Å². The zero-order valence-electron chi connectivity index (χ0n) is 13.2. The van der Waals surface area contributed by atoms with E-state index in [0.717, 1.165) is 11.7 Å². The minimum absolute atomic E-state index is 0.579. The highest BCUT2D eigenvalue weighted by atomic mass is 32.1. The molecule has 0 fully saturated rings. The molecule has 114 valence electrons. The average Bonchev–Trinajstić information content (AvgIpc) is 2.77. The van der Waals surface area contributed by atoms with Crippen LogP contribution in [-0.2, 0) is 10.2 Å². The Hall–Kier alpha value is -1.10. The molecule has 2 N–H and O–H groups in total. The zero-order valence-corrected chi connectivity index (χ0v) is 14.0. The summed E-state index contributed by atoms with van der Waals surface area (Å²) in [6.07, 6.45) is 0. The van der Waals surface area contributed by atoms with Crippen molar-refractivity contribution < 1.29 is 9.90 Å². The Morgan fingerprint density at radius 1 is 1.35 bits per heavy atom. The van der Waals surface area contributed by atoms with E-state index >= 15 is 0 Å². The predicted molar refractivity (Wildman–Crippen MR) is 84.4 cm³/mol. The van der Waals surface area contributed by atoms with Crippen molar-refractivity contribution >= 4 is 22.4 Å². The van der Waals surface area contributed by atoms with Crippen LogP contribution in [0, 0.1) is 17.8 Å². The van der Waals surface area contributed by atoms with Gasteiger partial charge in [-0.25, -0.2) is 4.98 Å². The van der Waals surface area contributed by atoms with Gasteiger partial charge in [0.1, 0.15) is 5.41 Å². The van der Waals surface area contributed by atoms with Crippen molar-refractivity contribution in [2.45, 2.75) is 47.0 Å². The van der Waals surface area contributed by atoms with Crippen LogP contribution in [0.3, 0.4) is 0 Å².